The minimum absolute atomic E-state index is 0.134. The maximum absolute atomic E-state index is 12.3. The Labute approximate surface area is 159 Å². The molecule has 2 heterocycles. The number of aromatic nitrogens is 1. The molecule has 0 unspecified atom stereocenters. The van der Waals surface area contributed by atoms with Crippen LogP contribution < -0.4 is 10.6 Å². The van der Waals surface area contributed by atoms with Crippen molar-refractivity contribution >= 4 is 22.6 Å². The van der Waals surface area contributed by atoms with E-state index in [2.05, 4.69) is 50.8 Å². The minimum atomic E-state index is -0.134. The fourth-order valence-corrected chi connectivity index (χ4v) is 3.85. The smallest absolute Gasteiger partial charge is 0.319 e. The topological polar surface area (TPSA) is 60.2 Å². The number of piperidine rings is 1. The zero-order valence-electron chi connectivity index (χ0n) is 15.4. The average molecular weight is 362 g/mol. The first-order valence-corrected chi connectivity index (χ1v) is 9.64. The van der Waals surface area contributed by atoms with Gasteiger partial charge in [0.25, 0.3) is 0 Å². The molecule has 1 aliphatic heterocycles. The first-order chi connectivity index (χ1) is 13.3. The molecule has 140 valence electrons. The van der Waals surface area contributed by atoms with E-state index in [1.165, 1.54) is 18.4 Å². The van der Waals surface area contributed by atoms with Gasteiger partial charge >= 0.3 is 6.03 Å². The summed E-state index contributed by atoms with van der Waals surface area (Å²) in [4.78, 5) is 17.9. The van der Waals surface area contributed by atoms with Crippen molar-refractivity contribution in [3.63, 3.8) is 0 Å². The molecule has 1 fully saturated rings. The van der Waals surface area contributed by atoms with Gasteiger partial charge in [-0.2, -0.15) is 0 Å². The lowest BCUT2D eigenvalue weighted by Gasteiger charge is -2.32. The fraction of sp³-hybridized carbons (Fsp3) is 0.318. The summed E-state index contributed by atoms with van der Waals surface area (Å²) in [5.74, 6) is 0.500. The Morgan fingerprint density at radius 1 is 1.15 bits per heavy atom. The number of carbonyl (C=O) groups excluding carboxylic acids is 1. The zero-order valence-corrected chi connectivity index (χ0v) is 15.4. The Bertz CT molecular complexity index is 889. The maximum Gasteiger partial charge on any atom is 0.319 e. The number of benzene rings is 2. The molecule has 5 nitrogen and oxygen atoms in total. The van der Waals surface area contributed by atoms with Crippen molar-refractivity contribution in [2.75, 3.05) is 25.0 Å². The molecule has 0 radical (unpaired) electrons. The molecule has 1 atom stereocenters. The lowest BCUT2D eigenvalue weighted by molar-refractivity contribution is 0.166. The summed E-state index contributed by atoms with van der Waals surface area (Å²) in [6, 6.07) is 18.3. The van der Waals surface area contributed by atoms with Gasteiger partial charge in [-0.3, -0.25) is 4.90 Å². The molecule has 2 amide bonds. The van der Waals surface area contributed by atoms with E-state index < -0.39 is 0 Å². The third-order valence-electron chi connectivity index (χ3n) is 5.21. The Morgan fingerprint density at radius 3 is 2.93 bits per heavy atom. The summed E-state index contributed by atoms with van der Waals surface area (Å²) in [7, 11) is 0. The van der Waals surface area contributed by atoms with Gasteiger partial charge in [0.15, 0.2) is 0 Å². The second-order valence-corrected chi connectivity index (χ2v) is 7.34. The Hall–Kier alpha value is -2.79. The number of nitrogens with one attached hydrogen (secondary N) is 3. The van der Waals surface area contributed by atoms with Crippen molar-refractivity contribution in [2.24, 2.45) is 5.92 Å². The predicted octanol–water partition coefficient (Wildman–Crippen LogP) is 4.20. The van der Waals surface area contributed by atoms with Crippen LogP contribution in [0.3, 0.4) is 0 Å². The first-order valence-electron chi connectivity index (χ1n) is 9.64. The molecule has 0 aliphatic carbocycles. The highest BCUT2D eigenvalue weighted by Gasteiger charge is 2.20. The predicted molar refractivity (Wildman–Crippen MR) is 110 cm³/mol. The standard InChI is InChI=1S/C22H26N4O/c27-22(25-20-8-9-21-19(13-20)10-11-23-21)24-14-18-7-4-12-26(16-18)15-17-5-2-1-3-6-17/h1-3,5-6,8-11,13,18,23H,4,7,12,14-16H2,(H2,24,25,27)/t18-/m1/s1. The van der Waals surface area contributed by atoms with Gasteiger partial charge in [0, 0.05) is 42.4 Å². The van der Waals surface area contributed by atoms with E-state index in [-0.39, 0.29) is 6.03 Å². The van der Waals surface area contributed by atoms with E-state index in [0.29, 0.717) is 12.5 Å². The molecular formula is C22H26N4O. The van der Waals surface area contributed by atoms with Crippen LogP contribution in [0.1, 0.15) is 18.4 Å². The molecule has 27 heavy (non-hydrogen) atoms. The van der Waals surface area contributed by atoms with E-state index >= 15 is 0 Å². The number of urea groups is 1. The number of anilines is 1. The summed E-state index contributed by atoms with van der Waals surface area (Å²) >= 11 is 0. The number of hydrogen-bond acceptors (Lipinski definition) is 2. The van der Waals surface area contributed by atoms with Crippen molar-refractivity contribution in [1.29, 1.82) is 0 Å². The number of H-pyrrole nitrogens is 1. The molecule has 2 aromatic carbocycles. The highest BCUT2D eigenvalue weighted by Crippen LogP contribution is 2.19. The van der Waals surface area contributed by atoms with Crippen molar-refractivity contribution in [3.05, 3.63) is 66.4 Å². The first kappa shape index (κ1) is 17.6. The molecule has 1 aliphatic rings. The van der Waals surface area contributed by atoms with Crippen LogP contribution in [0.5, 0.6) is 0 Å². The van der Waals surface area contributed by atoms with Crippen LogP contribution in [0.4, 0.5) is 10.5 Å². The Morgan fingerprint density at radius 2 is 2.04 bits per heavy atom. The second-order valence-electron chi connectivity index (χ2n) is 7.34. The number of aromatic amines is 1. The van der Waals surface area contributed by atoms with Gasteiger partial charge in [-0.15, -0.1) is 0 Å². The monoisotopic (exact) mass is 362 g/mol. The fourth-order valence-electron chi connectivity index (χ4n) is 3.85. The third-order valence-corrected chi connectivity index (χ3v) is 5.21. The highest BCUT2D eigenvalue weighted by molar-refractivity contribution is 5.92. The number of fused-ring (bicyclic) bond motifs is 1. The molecule has 3 N–H and O–H groups in total. The molecule has 0 spiro atoms. The van der Waals surface area contributed by atoms with E-state index in [1.807, 2.05) is 30.5 Å². The van der Waals surface area contributed by atoms with Crippen molar-refractivity contribution in [2.45, 2.75) is 19.4 Å². The van der Waals surface area contributed by atoms with Gasteiger partial charge in [0.05, 0.1) is 0 Å². The van der Waals surface area contributed by atoms with Crippen molar-refractivity contribution < 1.29 is 4.79 Å². The molecule has 3 aromatic rings. The number of rotatable bonds is 5. The van der Waals surface area contributed by atoms with Crippen LogP contribution >= 0.6 is 0 Å². The lowest BCUT2D eigenvalue weighted by Crippen LogP contribution is -2.41. The lowest BCUT2D eigenvalue weighted by atomic mass is 9.97. The van der Waals surface area contributed by atoms with Crippen LogP contribution in [0.2, 0.25) is 0 Å². The SMILES string of the molecule is O=C(NC[C@H]1CCCN(Cc2ccccc2)C1)Nc1ccc2[nH]ccc2c1. The molecule has 0 saturated carbocycles. The van der Waals surface area contributed by atoms with Gasteiger partial charge in [-0.25, -0.2) is 4.79 Å². The van der Waals surface area contributed by atoms with Crippen LogP contribution in [0.15, 0.2) is 60.8 Å². The molecule has 0 bridgehead atoms. The van der Waals surface area contributed by atoms with Crippen LogP contribution in [-0.4, -0.2) is 35.5 Å². The van der Waals surface area contributed by atoms with E-state index in [4.69, 9.17) is 0 Å². The quantitative estimate of drug-likeness (QED) is 0.637. The van der Waals surface area contributed by atoms with Gasteiger partial charge in [-0.05, 0) is 55.1 Å². The van der Waals surface area contributed by atoms with Gasteiger partial charge in [0.1, 0.15) is 0 Å². The van der Waals surface area contributed by atoms with Crippen molar-refractivity contribution in [1.82, 2.24) is 15.2 Å². The molecule has 5 heteroatoms. The molecule has 1 aromatic heterocycles. The molecule has 4 rings (SSSR count). The Balaban J connectivity index is 1.25. The number of likely N-dealkylation sites (tertiary alicyclic amines) is 1. The zero-order chi connectivity index (χ0) is 18.5. The molecule has 1 saturated heterocycles. The minimum Gasteiger partial charge on any atom is -0.361 e. The third kappa shape index (κ3) is 4.68. The summed E-state index contributed by atoms with van der Waals surface area (Å²) in [5, 5.41) is 7.07. The van der Waals surface area contributed by atoms with Crippen LogP contribution in [0.25, 0.3) is 10.9 Å². The molecular weight excluding hydrogens is 336 g/mol. The van der Waals surface area contributed by atoms with Gasteiger partial charge in [0.2, 0.25) is 0 Å². The van der Waals surface area contributed by atoms with Gasteiger partial charge in [-0.1, -0.05) is 30.3 Å². The van der Waals surface area contributed by atoms with Crippen LogP contribution in [-0.2, 0) is 6.54 Å². The summed E-state index contributed by atoms with van der Waals surface area (Å²) in [5.41, 5.74) is 3.24. The number of carbonyl (C=O) groups is 1. The van der Waals surface area contributed by atoms with E-state index in [0.717, 1.165) is 36.2 Å². The largest absolute Gasteiger partial charge is 0.361 e. The highest BCUT2D eigenvalue weighted by atomic mass is 16.2. The van der Waals surface area contributed by atoms with E-state index in [9.17, 15) is 4.79 Å². The summed E-state index contributed by atoms with van der Waals surface area (Å²) in [6.45, 7) is 3.86. The number of nitrogens with zero attached hydrogens (tertiary/aromatic N) is 1. The second kappa shape index (κ2) is 8.27. The summed E-state index contributed by atoms with van der Waals surface area (Å²) < 4.78 is 0. The summed E-state index contributed by atoms with van der Waals surface area (Å²) in [6.07, 6.45) is 4.25. The maximum atomic E-state index is 12.3. The van der Waals surface area contributed by atoms with Gasteiger partial charge < -0.3 is 15.6 Å². The van der Waals surface area contributed by atoms with E-state index in [1.54, 1.807) is 0 Å². The van der Waals surface area contributed by atoms with Crippen molar-refractivity contribution in [3.8, 4) is 0 Å². The average Bonchev–Trinajstić information content (AvgIpc) is 3.15. The number of hydrogen-bond donors (Lipinski definition) is 3. The Kier molecular flexibility index (Phi) is 5.39. The number of amides is 2. The van der Waals surface area contributed by atoms with Crippen LogP contribution in [0, 0.1) is 5.92 Å². The normalized spacial score (nSPS) is 17.7.